The SMILES string of the molecule is CC(C)=CCSC(C)CN. The smallest absolute Gasteiger partial charge is 0.0145 e. The van der Waals surface area contributed by atoms with E-state index in [1.165, 1.54) is 5.57 Å². The number of nitrogens with two attached hydrogens (primary N) is 1. The first kappa shape index (κ1) is 10.0. The van der Waals surface area contributed by atoms with Gasteiger partial charge in [-0.3, -0.25) is 0 Å². The van der Waals surface area contributed by atoms with E-state index in [0.29, 0.717) is 5.25 Å². The third-order valence-electron chi connectivity index (χ3n) is 1.20. The molecule has 0 amide bonds. The fourth-order valence-corrected chi connectivity index (χ4v) is 1.34. The van der Waals surface area contributed by atoms with Gasteiger partial charge in [0.25, 0.3) is 0 Å². The van der Waals surface area contributed by atoms with Crippen molar-refractivity contribution in [3.05, 3.63) is 11.6 Å². The molecule has 60 valence electrons. The molecule has 0 aromatic rings. The molecule has 0 heterocycles. The molecule has 0 aliphatic heterocycles. The van der Waals surface area contributed by atoms with Crippen LogP contribution in [0.25, 0.3) is 0 Å². The van der Waals surface area contributed by atoms with Crippen molar-refractivity contribution < 1.29 is 0 Å². The summed E-state index contributed by atoms with van der Waals surface area (Å²) in [4.78, 5) is 0. The molecule has 0 aromatic carbocycles. The van der Waals surface area contributed by atoms with E-state index in [4.69, 9.17) is 5.73 Å². The van der Waals surface area contributed by atoms with Gasteiger partial charge in [-0.15, -0.1) is 0 Å². The maximum absolute atomic E-state index is 5.45. The van der Waals surface area contributed by atoms with Crippen LogP contribution in [0.15, 0.2) is 11.6 Å². The Kier molecular flexibility index (Phi) is 5.84. The monoisotopic (exact) mass is 159 g/mol. The van der Waals surface area contributed by atoms with Gasteiger partial charge in [0.2, 0.25) is 0 Å². The summed E-state index contributed by atoms with van der Waals surface area (Å²) in [5.74, 6) is 1.10. The van der Waals surface area contributed by atoms with Crippen LogP contribution in [0, 0.1) is 0 Å². The van der Waals surface area contributed by atoms with Crippen molar-refractivity contribution in [1.82, 2.24) is 0 Å². The predicted octanol–water partition coefficient (Wildman–Crippen LogP) is 2.03. The van der Waals surface area contributed by atoms with E-state index in [0.717, 1.165) is 12.3 Å². The van der Waals surface area contributed by atoms with E-state index < -0.39 is 0 Å². The Morgan fingerprint density at radius 1 is 1.60 bits per heavy atom. The van der Waals surface area contributed by atoms with Gasteiger partial charge in [0.05, 0.1) is 0 Å². The van der Waals surface area contributed by atoms with Crippen LogP contribution in [-0.4, -0.2) is 17.5 Å². The zero-order valence-electron chi connectivity index (χ0n) is 7.05. The van der Waals surface area contributed by atoms with E-state index in [9.17, 15) is 0 Å². The molecule has 0 fully saturated rings. The summed E-state index contributed by atoms with van der Waals surface area (Å²) in [6.07, 6.45) is 2.23. The summed E-state index contributed by atoms with van der Waals surface area (Å²) >= 11 is 1.90. The minimum Gasteiger partial charge on any atom is -0.329 e. The van der Waals surface area contributed by atoms with Crippen molar-refractivity contribution >= 4 is 11.8 Å². The van der Waals surface area contributed by atoms with Gasteiger partial charge in [0.1, 0.15) is 0 Å². The summed E-state index contributed by atoms with van der Waals surface area (Å²) in [7, 11) is 0. The van der Waals surface area contributed by atoms with Gasteiger partial charge in [0.15, 0.2) is 0 Å². The van der Waals surface area contributed by atoms with E-state index in [1.807, 2.05) is 11.8 Å². The molecule has 0 spiro atoms. The third kappa shape index (κ3) is 6.17. The minimum absolute atomic E-state index is 0.593. The number of hydrogen-bond donors (Lipinski definition) is 1. The van der Waals surface area contributed by atoms with Crippen molar-refractivity contribution in [2.45, 2.75) is 26.0 Å². The summed E-state index contributed by atoms with van der Waals surface area (Å²) in [5, 5.41) is 0.593. The highest BCUT2D eigenvalue weighted by Gasteiger charge is 1.95. The average Bonchev–Trinajstić information content (AvgIpc) is 1.87. The first-order chi connectivity index (χ1) is 4.66. The average molecular weight is 159 g/mol. The Hall–Kier alpha value is 0.0500. The first-order valence-electron chi connectivity index (χ1n) is 3.62. The summed E-state index contributed by atoms with van der Waals surface area (Å²) in [6, 6.07) is 0. The molecule has 0 saturated carbocycles. The van der Waals surface area contributed by atoms with Gasteiger partial charge in [-0.25, -0.2) is 0 Å². The number of thioether (sulfide) groups is 1. The maximum Gasteiger partial charge on any atom is 0.0145 e. The standard InChI is InChI=1S/C8H17NS/c1-7(2)4-5-10-8(3)6-9/h4,8H,5-6,9H2,1-3H3. The molecule has 1 nitrogen and oxygen atoms in total. The van der Waals surface area contributed by atoms with Crippen LogP contribution in [0.3, 0.4) is 0 Å². The molecule has 2 N–H and O–H groups in total. The van der Waals surface area contributed by atoms with Crippen LogP contribution in [0.1, 0.15) is 20.8 Å². The Morgan fingerprint density at radius 3 is 2.60 bits per heavy atom. The second-order valence-electron chi connectivity index (χ2n) is 2.66. The molecule has 0 rings (SSSR count). The fraction of sp³-hybridized carbons (Fsp3) is 0.750. The second kappa shape index (κ2) is 5.81. The summed E-state index contributed by atoms with van der Waals surface area (Å²) in [6.45, 7) is 7.17. The molecule has 0 saturated heterocycles. The van der Waals surface area contributed by atoms with Crippen molar-refractivity contribution in [2.24, 2.45) is 5.73 Å². The zero-order chi connectivity index (χ0) is 7.98. The van der Waals surface area contributed by atoms with Gasteiger partial charge in [-0.1, -0.05) is 18.6 Å². The van der Waals surface area contributed by atoms with E-state index >= 15 is 0 Å². The van der Waals surface area contributed by atoms with E-state index in [1.54, 1.807) is 0 Å². The Bertz CT molecular complexity index is 106. The normalized spacial score (nSPS) is 12.8. The topological polar surface area (TPSA) is 26.0 Å². The van der Waals surface area contributed by atoms with Crippen LogP contribution >= 0.6 is 11.8 Å². The zero-order valence-corrected chi connectivity index (χ0v) is 7.87. The lowest BCUT2D eigenvalue weighted by molar-refractivity contribution is 0.953. The van der Waals surface area contributed by atoms with Gasteiger partial charge >= 0.3 is 0 Å². The highest BCUT2D eigenvalue weighted by molar-refractivity contribution is 8.00. The van der Waals surface area contributed by atoms with Crippen molar-refractivity contribution in [2.75, 3.05) is 12.3 Å². The first-order valence-corrected chi connectivity index (χ1v) is 4.66. The van der Waals surface area contributed by atoms with Crippen molar-refractivity contribution in [1.29, 1.82) is 0 Å². The van der Waals surface area contributed by atoms with Crippen molar-refractivity contribution in [3.63, 3.8) is 0 Å². The highest BCUT2D eigenvalue weighted by atomic mass is 32.2. The highest BCUT2D eigenvalue weighted by Crippen LogP contribution is 2.09. The number of rotatable bonds is 4. The third-order valence-corrected chi connectivity index (χ3v) is 2.32. The molecule has 1 atom stereocenters. The molecule has 1 unspecified atom stereocenters. The van der Waals surface area contributed by atoms with E-state index in [2.05, 4.69) is 26.8 Å². The van der Waals surface area contributed by atoms with Crippen LogP contribution in [0.2, 0.25) is 0 Å². The van der Waals surface area contributed by atoms with Crippen LogP contribution in [0.4, 0.5) is 0 Å². The molecule has 0 aliphatic carbocycles. The molecule has 0 radical (unpaired) electrons. The predicted molar refractivity (Wildman–Crippen MR) is 50.4 cm³/mol. The lowest BCUT2D eigenvalue weighted by Crippen LogP contribution is -2.12. The lowest BCUT2D eigenvalue weighted by atomic mass is 10.3. The minimum atomic E-state index is 0.593. The molecular weight excluding hydrogens is 142 g/mol. The van der Waals surface area contributed by atoms with E-state index in [-0.39, 0.29) is 0 Å². The number of hydrogen-bond acceptors (Lipinski definition) is 2. The Morgan fingerprint density at radius 2 is 2.20 bits per heavy atom. The summed E-state index contributed by atoms with van der Waals surface area (Å²) in [5.41, 5.74) is 6.83. The molecule has 10 heavy (non-hydrogen) atoms. The second-order valence-corrected chi connectivity index (χ2v) is 4.13. The van der Waals surface area contributed by atoms with Gasteiger partial charge in [-0.2, -0.15) is 11.8 Å². The van der Waals surface area contributed by atoms with Crippen LogP contribution in [-0.2, 0) is 0 Å². The lowest BCUT2D eigenvalue weighted by Gasteiger charge is -2.04. The number of allylic oxidation sites excluding steroid dienone is 1. The fourth-order valence-electron chi connectivity index (χ4n) is 0.447. The molecule has 0 bridgehead atoms. The van der Waals surface area contributed by atoms with Gasteiger partial charge < -0.3 is 5.73 Å². The van der Waals surface area contributed by atoms with Gasteiger partial charge in [-0.05, 0) is 13.8 Å². The van der Waals surface area contributed by atoms with Crippen molar-refractivity contribution in [3.8, 4) is 0 Å². The summed E-state index contributed by atoms with van der Waals surface area (Å²) < 4.78 is 0. The largest absolute Gasteiger partial charge is 0.329 e. The molecule has 0 aliphatic rings. The van der Waals surface area contributed by atoms with Crippen LogP contribution < -0.4 is 5.73 Å². The maximum atomic E-state index is 5.45. The van der Waals surface area contributed by atoms with Gasteiger partial charge in [0, 0.05) is 17.5 Å². The Labute approximate surface area is 68.1 Å². The van der Waals surface area contributed by atoms with Crippen LogP contribution in [0.5, 0.6) is 0 Å². The Balaban J connectivity index is 3.28. The quantitative estimate of drug-likeness (QED) is 0.635. The molecule has 2 heteroatoms. The molecule has 0 aromatic heterocycles. The molecular formula is C8H17NS.